The van der Waals surface area contributed by atoms with Crippen LogP contribution in [0.5, 0.6) is 0 Å². The van der Waals surface area contributed by atoms with Crippen LogP contribution in [-0.2, 0) is 12.8 Å². The molecule has 0 radical (unpaired) electrons. The summed E-state index contributed by atoms with van der Waals surface area (Å²) in [5, 5.41) is 8.13. The average molecular weight is 189 g/mol. The predicted molar refractivity (Wildman–Crippen MR) is 57.3 cm³/mol. The highest BCUT2D eigenvalue weighted by atomic mass is 15.1. The third kappa shape index (κ3) is 1.39. The van der Waals surface area contributed by atoms with Crippen molar-refractivity contribution in [2.45, 2.75) is 33.1 Å². The number of nitrogens with zero attached hydrogens (tertiary/aromatic N) is 2. The van der Waals surface area contributed by atoms with Gasteiger partial charge in [-0.15, -0.1) is 0 Å². The molecule has 0 atom stereocenters. The van der Waals surface area contributed by atoms with Crippen LogP contribution in [-0.4, -0.2) is 15.2 Å². The van der Waals surface area contributed by atoms with E-state index in [1.54, 1.807) is 0 Å². The Morgan fingerprint density at radius 3 is 2.86 bits per heavy atom. The molecule has 14 heavy (non-hydrogen) atoms. The minimum absolute atomic E-state index is 0.908. The zero-order valence-electron chi connectivity index (χ0n) is 8.67. The van der Waals surface area contributed by atoms with E-state index >= 15 is 0 Å². The van der Waals surface area contributed by atoms with Crippen molar-refractivity contribution in [1.82, 2.24) is 15.2 Å². The van der Waals surface area contributed by atoms with E-state index in [1.807, 2.05) is 12.4 Å². The number of hydrogen-bond donors (Lipinski definition) is 1. The maximum atomic E-state index is 4.34. The monoisotopic (exact) mass is 189 g/mol. The Morgan fingerprint density at radius 1 is 1.29 bits per heavy atom. The highest BCUT2D eigenvalue weighted by Crippen LogP contribution is 2.20. The topological polar surface area (TPSA) is 41.6 Å². The number of hydrogen-bond acceptors (Lipinski definition) is 2. The molecule has 2 heterocycles. The number of aromatic nitrogens is 3. The molecular formula is C11H15N3. The summed E-state index contributed by atoms with van der Waals surface area (Å²) < 4.78 is 0. The smallest absolute Gasteiger partial charge is 0.155 e. The molecule has 0 aliphatic rings. The molecule has 0 saturated heterocycles. The van der Waals surface area contributed by atoms with Crippen molar-refractivity contribution in [2.24, 2.45) is 0 Å². The van der Waals surface area contributed by atoms with Crippen LogP contribution in [0.15, 0.2) is 12.4 Å². The van der Waals surface area contributed by atoms with Gasteiger partial charge in [0.05, 0.1) is 6.20 Å². The van der Waals surface area contributed by atoms with Crippen molar-refractivity contribution in [1.29, 1.82) is 0 Å². The highest BCUT2D eigenvalue weighted by molar-refractivity contribution is 5.79. The van der Waals surface area contributed by atoms with Crippen molar-refractivity contribution in [2.75, 3.05) is 0 Å². The summed E-state index contributed by atoms with van der Waals surface area (Å²) in [6.45, 7) is 4.37. The summed E-state index contributed by atoms with van der Waals surface area (Å²) in [5.41, 5.74) is 3.67. The van der Waals surface area contributed by atoms with Gasteiger partial charge in [0.15, 0.2) is 5.65 Å². The quantitative estimate of drug-likeness (QED) is 0.805. The second-order valence-corrected chi connectivity index (χ2v) is 3.50. The van der Waals surface area contributed by atoms with Gasteiger partial charge in [-0.3, -0.25) is 5.10 Å². The molecule has 0 bridgehead atoms. The number of pyridine rings is 1. The molecule has 0 spiro atoms. The van der Waals surface area contributed by atoms with Gasteiger partial charge in [-0.25, -0.2) is 4.98 Å². The Morgan fingerprint density at radius 2 is 2.14 bits per heavy atom. The molecule has 0 aliphatic heterocycles. The van der Waals surface area contributed by atoms with Gasteiger partial charge in [-0.1, -0.05) is 20.3 Å². The Hall–Kier alpha value is -1.38. The van der Waals surface area contributed by atoms with Crippen LogP contribution in [0.25, 0.3) is 11.0 Å². The molecule has 0 unspecified atom stereocenters. The van der Waals surface area contributed by atoms with Gasteiger partial charge in [0.2, 0.25) is 0 Å². The number of aromatic amines is 1. The van der Waals surface area contributed by atoms with E-state index in [0.29, 0.717) is 0 Å². The van der Waals surface area contributed by atoms with Crippen LogP contribution in [0.3, 0.4) is 0 Å². The van der Waals surface area contributed by atoms with E-state index in [1.165, 1.54) is 16.5 Å². The van der Waals surface area contributed by atoms with Gasteiger partial charge in [0.1, 0.15) is 0 Å². The SMILES string of the molecule is CCCc1c(CC)cnc2[nH]ncc12. The van der Waals surface area contributed by atoms with E-state index in [2.05, 4.69) is 29.0 Å². The first-order chi connectivity index (χ1) is 6.86. The number of fused-ring (bicyclic) bond motifs is 1. The van der Waals surface area contributed by atoms with Crippen LogP contribution >= 0.6 is 0 Å². The van der Waals surface area contributed by atoms with Crippen molar-refractivity contribution in [3.05, 3.63) is 23.5 Å². The lowest BCUT2D eigenvalue weighted by molar-refractivity contribution is 0.904. The van der Waals surface area contributed by atoms with E-state index in [-0.39, 0.29) is 0 Å². The fraction of sp³-hybridized carbons (Fsp3) is 0.455. The van der Waals surface area contributed by atoms with Gasteiger partial charge < -0.3 is 0 Å². The fourth-order valence-corrected chi connectivity index (χ4v) is 1.84. The number of H-pyrrole nitrogens is 1. The Kier molecular flexibility index (Phi) is 2.48. The van der Waals surface area contributed by atoms with Gasteiger partial charge in [-0.05, 0) is 24.0 Å². The number of aryl methyl sites for hydroxylation is 2. The van der Waals surface area contributed by atoms with Crippen LogP contribution < -0.4 is 0 Å². The maximum Gasteiger partial charge on any atom is 0.155 e. The fourth-order valence-electron chi connectivity index (χ4n) is 1.84. The Labute approximate surface area is 83.6 Å². The molecule has 74 valence electrons. The molecule has 0 aromatic carbocycles. The standard InChI is InChI=1S/C11H15N3/c1-3-5-9-8(4-2)6-12-11-10(9)7-13-14-11/h6-7H,3-5H2,1-2H3,(H,12,13,14). The summed E-state index contributed by atoms with van der Waals surface area (Å²) >= 11 is 0. The third-order valence-corrected chi connectivity index (χ3v) is 2.56. The molecule has 2 aromatic heterocycles. The molecule has 2 rings (SSSR count). The lowest BCUT2D eigenvalue weighted by atomic mass is 10.0. The van der Waals surface area contributed by atoms with Crippen LogP contribution in [0.4, 0.5) is 0 Å². The van der Waals surface area contributed by atoms with Crippen LogP contribution in [0, 0.1) is 0 Å². The molecule has 1 N–H and O–H groups in total. The molecule has 0 amide bonds. The van der Waals surface area contributed by atoms with Crippen molar-refractivity contribution < 1.29 is 0 Å². The first-order valence-corrected chi connectivity index (χ1v) is 5.16. The minimum Gasteiger partial charge on any atom is -0.261 e. The van der Waals surface area contributed by atoms with Gasteiger partial charge in [0, 0.05) is 11.6 Å². The van der Waals surface area contributed by atoms with Gasteiger partial charge in [-0.2, -0.15) is 5.10 Å². The third-order valence-electron chi connectivity index (χ3n) is 2.56. The van der Waals surface area contributed by atoms with E-state index in [0.717, 1.165) is 24.9 Å². The van der Waals surface area contributed by atoms with Crippen LogP contribution in [0.2, 0.25) is 0 Å². The first-order valence-electron chi connectivity index (χ1n) is 5.16. The lowest BCUT2D eigenvalue weighted by Crippen LogP contribution is -1.95. The number of nitrogens with one attached hydrogen (secondary N) is 1. The average Bonchev–Trinajstić information content (AvgIpc) is 2.67. The van der Waals surface area contributed by atoms with E-state index < -0.39 is 0 Å². The molecule has 3 heteroatoms. The summed E-state index contributed by atoms with van der Waals surface area (Å²) in [4.78, 5) is 4.34. The summed E-state index contributed by atoms with van der Waals surface area (Å²) in [6, 6.07) is 0. The molecule has 0 saturated carbocycles. The summed E-state index contributed by atoms with van der Waals surface area (Å²) in [5.74, 6) is 0. The molecular weight excluding hydrogens is 174 g/mol. The molecule has 3 nitrogen and oxygen atoms in total. The van der Waals surface area contributed by atoms with Crippen molar-refractivity contribution >= 4 is 11.0 Å². The summed E-state index contributed by atoms with van der Waals surface area (Å²) in [6.07, 6.45) is 7.17. The number of rotatable bonds is 3. The van der Waals surface area contributed by atoms with Crippen molar-refractivity contribution in [3.63, 3.8) is 0 Å². The second kappa shape index (κ2) is 3.78. The lowest BCUT2D eigenvalue weighted by Gasteiger charge is -2.06. The molecule has 0 aliphatic carbocycles. The van der Waals surface area contributed by atoms with Gasteiger partial charge >= 0.3 is 0 Å². The van der Waals surface area contributed by atoms with Crippen molar-refractivity contribution in [3.8, 4) is 0 Å². The van der Waals surface area contributed by atoms with Crippen LogP contribution in [0.1, 0.15) is 31.4 Å². The summed E-state index contributed by atoms with van der Waals surface area (Å²) in [7, 11) is 0. The van der Waals surface area contributed by atoms with E-state index in [4.69, 9.17) is 0 Å². The Bertz CT molecular complexity index is 431. The highest BCUT2D eigenvalue weighted by Gasteiger charge is 2.07. The second-order valence-electron chi connectivity index (χ2n) is 3.50. The zero-order chi connectivity index (χ0) is 9.97. The Balaban J connectivity index is 2.62. The molecule has 2 aromatic rings. The first kappa shape index (κ1) is 9.19. The maximum absolute atomic E-state index is 4.34. The normalized spacial score (nSPS) is 11.0. The van der Waals surface area contributed by atoms with E-state index in [9.17, 15) is 0 Å². The minimum atomic E-state index is 0.908. The molecule has 0 fully saturated rings. The predicted octanol–water partition coefficient (Wildman–Crippen LogP) is 2.47. The van der Waals surface area contributed by atoms with Gasteiger partial charge in [0.25, 0.3) is 0 Å². The largest absolute Gasteiger partial charge is 0.261 e. The zero-order valence-corrected chi connectivity index (χ0v) is 8.67.